The van der Waals surface area contributed by atoms with Crippen LogP contribution in [0.1, 0.15) is 5.56 Å². The maximum absolute atomic E-state index is 11.1. The number of nitrogens with zero attached hydrogens (tertiary/aromatic N) is 1. The number of cyclic esters (lactones) is 1. The summed E-state index contributed by atoms with van der Waals surface area (Å²) in [5, 5.41) is 9.48. The maximum atomic E-state index is 11.1. The van der Waals surface area contributed by atoms with Crippen LogP contribution in [0.4, 0.5) is 4.79 Å². The first-order chi connectivity index (χ1) is 6.77. The Hall–Kier alpha value is -1.71. The molecule has 1 aliphatic heterocycles. The van der Waals surface area contributed by atoms with Crippen LogP contribution in [-0.2, 0) is 11.3 Å². The molecule has 0 spiro atoms. The number of phenolic OH excluding ortho intramolecular Hbond substituents is 1. The molecule has 1 saturated heterocycles. The van der Waals surface area contributed by atoms with Gasteiger partial charge >= 0.3 is 6.09 Å². The Kier molecular flexibility index (Phi) is 2.26. The average Bonchev–Trinajstić information content (AvgIpc) is 2.56. The second kappa shape index (κ2) is 3.57. The Morgan fingerprint density at radius 3 is 2.86 bits per heavy atom. The molecule has 0 radical (unpaired) electrons. The maximum Gasteiger partial charge on any atom is 0.410 e. The van der Waals surface area contributed by atoms with Gasteiger partial charge in [-0.2, -0.15) is 0 Å². The summed E-state index contributed by atoms with van der Waals surface area (Å²) in [7, 11) is 0. The van der Waals surface area contributed by atoms with Crippen LogP contribution in [0.3, 0.4) is 0 Å². The van der Waals surface area contributed by atoms with E-state index in [1.807, 2.05) is 6.07 Å². The molecule has 1 aromatic carbocycles. The largest absolute Gasteiger partial charge is 0.508 e. The lowest BCUT2D eigenvalue weighted by Gasteiger charge is -2.12. The average molecular weight is 193 g/mol. The molecule has 1 aliphatic rings. The Bertz CT molecular complexity index is 351. The molecule has 1 fully saturated rings. The molecule has 1 aromatic rings. The van der Waals surface area contributed by atoms with Crippen molar-refractivity contribution >= 4 is 6.09 Å². The van der Waals surface area contributed by atoms with Gasteiger partial charge in [-0.3, -0.25) is 0 Å². The molecule has 14 heavy (non-hydrogen) atoms. The third-order valence-corrected chi connectivity index (χ3v) is 2.20. The smallest absolute Gasteiger partial charge is 0.410 e. The summed E-state index contributed by atoms with van der Waals surface area (Å²) in [5.41, 5.74) is 0.742. The fourth-order valence-electron chi connectivity index (χ4n) is 1.42. The van der Waals surface area contributed by atoms with Crippen molar-refractivity contribution in [1.29, 1.82) is 0 Å². The summed E-state index contributed by atoms with van der Waals surface area (Å²) in [6.07, 6.45) is -0.312. The first-order valence-electron chi connectivity index (χ1n) is 4.46. The summed E-state index contributed by atoms with van der Waals surface area (Å²) in [5.74, 6) is 0.215. The van der Waals surface area contributed by atoms with Crippen molar-refractivity contribution in [1.82, 2.24) is 4.90 Å². The van der Waals surface area contributed by atoms with Gasteiger partial charge in [0.25, 0.3) is 0 Å². The van der Waals surface area contributed by atoms with Crippen molar-refractivity contribution in [3.63, 3.8) is 0 Å². The van der Waals surface area contributed by atoms with Gasteiger partial charge in [0.05, 0.1) is 13.1 Å². The first-order valence-corrected chi connectivity index (χ1v) is 4.46. The third-order valence-electron chi connectivity index (χ3n) is 2.20. The SMILES string of the molecule is O=C1OCCN1Cc1ccccc1O. The second-order valence-corrected chi connectivity index (χ2v) is 3.16. The summed E-state index contributed by atoms with van der Waals surface area (Å²) < 4.78 is 4.78. The summed E-state index contributed by atoms with van der Waals surface area (Å²) in [6.45, 7) is 1.44. The standard InChI is InChI=1S/C10H11NO3/c12-9-4-2-1-3-8(9)7-11-5-6-14-10(11)13/h1-4,12H,5-7H2. The van der Waals surface area contributed by atoms with E-state index in [0.717, 1.165) is 5.56 Å². The molecule has 1 N–H and O–H groups in total. The highest BCUT2D eigenvalue weighted by Crippen LogP contribution is 2.19. The zero-order chi connectivity index (χ0) is 9.97. The molecule has 74 valence electrons. The van der Waals surface area contributed by atoms with Crippen LogP contribution in [0.5, 0.6) is 5.75 Å². The molecule has 0 saturated carbocycles. The fraction of sp³-hybridized carbons (Fsp3) is 0.300. The van der Waals surface area contributed by atoms with Gasteiger partial charge < -0.3 is 14.7 Å². The van der Waals surface area contributed by atoms with E-state index in [9.17, 15) is 9.90 Å². The van der Waals surface area contributed by atoms with E-state index in [-0.39, 0.29) is 11.8 Å². The molecule has 0 aliphatic carbocycles. The molecule has 4 heteroatoms. The van der Waals surface area contributed by atoms with E-state index in [1.54, 1.807) is 23.1 Å². The van der Waals surface area contributed by atoms with Crippen molar-refractivity contribution in [2.45, 2.75) is 6.54 Å². The highest BCUT2D eigenvalue weighted by Gasteiger charge is 2.22. The third kappa shape index (κ3) is 1.64. The number of ether oxygens (including phenoxy) is 1. The predicted octanol–water partition coefficient (Wildman–Crippen LogP) is 1.34. The van der Waals surface area contributed by atoms with Crippen molar-refractivity contribution in [2.75, 3.05) is 13.2 Å². The zero-order valence-corrected chi connectivity index (χ0v) is 7.64. The summed E-state index contributed by atoms with van der Waals surface area (Å²) in [4.78, 5) is 12.7. The lowest BCUT2D eigenvalue weighted by molar-refractivity contribution is 0.157. The number of carbonyl (C=O) groups is 1. The number of hydrogen-bond acceptors (Lipinski definition) is 3. The van der Waals surface area contributed by atoms with Crippen LogP contribution in [0.25, 0.3) is 0 Å². The molecule has 4 nitrogen and oxygen atoms in total. The summed E-state index contributed by atoms with van der Waals surface area (Å²) in [6, 6.07) is 6.98. The van der Waals surface area contributed by atoms with Gasteiger partial charge in [-0.05, 0) is 6.07 Å². The molecular formula is C10H11NO3. The lowest BCUT2D eigenvalue weighted by Crippen LogP contribution is -2.23. The van der Waals surface area contributed by atoms with Crippen LogP contribution < -0.4 is 0 Å². The van der Waals surface area contributed by atoms with E-state index in [1.165, 1.54) is 0 Å². The predicted molar refractivity (Wildman–Crippen MR) is 49.9 cm³/mol. The number of amides is 1. The number of hydrogen-bond donors (Lipinski definition) is 1. The molecule has 0 bridgehead atoms. The molecule has 0 atom stereocenters. The molecule has 2 rings (SSSR count). The normalized spacial score (nSPS) is 15.7. The highest BCUT2D eigenvalue weighted by molar-refractivity contribution is 5.69. The molecular weight excluding hydrogens is 182 g/mol. The quantitative estimate of drug-likeness (QED) is 0.771. The van der Waals surface area contributed by atoms with E-state index in [4.69, 9.17) is 4.74 Å². The zero-order valence-electron chi connectivity index (χ0n) is 7.64. The number of aromatic hydroxyl groups is 1. The molecule has 0 aromatic heterocycles. The van der Waals surface area contributed by atoms with Gasteiger partial charge in [0.15, 0.2) is 0 Å². The Balaban J connectivity index is 2.10. The number of rotatable bonds is 2. The van der Waals surface area contributed by atoms with E-state index in [2.05, 4.69) is 0 Å². The van der Waals surface area contributed by atoms with Crippen LogP contribution >= 0.6 is 0 Å². The van der Waals surface area contributed by atoms with Crippen LogP contribution in [0, 0.1) is 0 Å². The minimum atomic E-state index is -0.312. The topological polar surface area (TPSA) is 49.8 Å². The van der Waals surface area contributed by atoms with Crippen molar-refractivity contribution in [3.8, 4) is 5.75 Å². The van der Waals surface area contributed by atoms with Gasteiger partial charge in [-0.1, -0.05) is 18.2 Å². The summed E-state index contributed by atoms with van der Waals surface area (Å²) >= 11 is 0. The van der Waals surface area contributed by atoms with Gasteiger partial charge in [0.2, 0.25) is 0 Å². The van der Waals surface area contributed by atoms with Crippen molar-refractivity contribution in [2.24, 2.45) is 0 Å². The Labute approximate surface area is 81.7 Å². The number of benzene rings is 1. The van der Waals surface area contributed by atoms with Gasteiger partial charge in [0, 0.05) is 5.56 Å². The first kappa shape index (κ1) is 8.87. The number of phenols is 1. The fourth-order valence-corrected chi connectivity index (χ4v) is 1.42. The van der Waals surface area contributed by atoms with Gasteiger partial charge in [0.1, 0.15) is 12.4 Å². The molecule has 1 heterocycles. The van der Waals surface area contributed by atoms with Gasteiger partial charge in [-0.15, -0.1) is 0 Å². The monoisotopic (exact) mass is 193 g/mol. The minimum absolute atomic E-state index is 0.215. The van der Waals surface area contributed by atoms with Gasteiger partial charge in [-0.25, -0.2) is 4.79 Å². The van der Waals surface area contributed by atoms with E-state index < -0.39 is 0 Å². The van der Waals surface area contributed by atoms with Crippen LogP contribution in [0.2, 0.25) is 0 Å². The van der Waals surface area contributed by atoms with E-state index in [0.29, 0.717) is 19.7 Å². The van der Waals surface area contributed by atoms with E-state index >= 15 is 0 Å². The Morgan fingerprint density at radius 1 is 1.43 bits per heavy atom. The Morgan fingerprint density at radius 2 is 2.21 bits per heavy atom. The van der Waals surface area contributed by atoms with Crippen molar-refractivity contribution in [3.05, 3.63) is 29.8 Å². The minimum Gasteiger partial charge on any atom is -0.508 e. The van der Waals surface area contributed by atoms with Crippen LogP contribution in [0.15, 0.2) is 24.3 Å². The number of para-hydroxylation sites is 1. The van der Waals surface area contributed by atoms with Crippen molar-refractivity contribution < 1.29 is 14.6 Å². The highest BCUT2D eigenvalue weighted by atomic mass is 16.6. The lowest BCUT2D eigenvalue weighted by atomic mass is 10.2. The second-order valence-electron chi connectivity index (χ2n) is 3.16. The molecule has 1 amide bonds. The van der Waals surface area contributed by atoms with Crippen LogP contribution in [-0.4, -0.2) is 29.3 Å². The number of carbonyl (C=O) groups excluding carboxylic acids is 1. The molecule has 0 unspecified atom stereocenters.